The average molecular weight is 252 g/mol. The molecule has 0 aliphatic carbocycles. The molecule has 2 heterocycles. The number of ether oxygens (including phenoxy) is 1. The highest BCUT2D eigenvalue weighted by molar-refractivity contribution is 5.68. The summed E-state index contributed by atoms with van der Waals surface area (Å²) in [5.74, 6) is 0.255. The molecule has 1 aromatic heterocycles. The Morgan fingerprint density at radius 1 is 1.56 bits per heavy atom. The van der Waals surface area contributed by atoms with Crippen molar-refractivity contribution in [3.63, 3.8) is 0 Å². The topological polar surface area (TPSA) is 71.1 Å². The Labute approximate surface area is 107 Å². The van der Waals surface area contributed by atoms with Crippen LogP contribution < -0.4 is 0 Å². The highest BCUT2D eigenvalue weighted by Crippen LogP contribution is 2.25. The Morgan fingerprint density at radius 2 is 2.33 bits per heavy atom. The zero-order valence-electron chi connectivity index (χ0n) is 11.1. The summed E-state index contributed by atoms with van der Waals surface area (Å²) >= 11 is 0. The predicted octanol–water partition coefficient (Wildman–Crippen LogP) is 1.92. The van der Waals surface area contributed by atoms with Gasteiger partial charge in [-0.3, -0.25) is 5.10 Å². The number of H-pyrrole nitrogens is 1. The van der Waals surface area contributed by atoms with Gasteiger partial charge in [-0.25, -0.2) is 4.79 Å². The summed E-state index contributed by atoms with van der Waals surface area (Å²) in [5.41, 5.74) is 0.473. The van der Waals surface area contributed by atoms with Gasteiger partial charge < -0.3 is 9.64 Å². The molecule has 6 heteroatoms. The molecule has 6 nitrogen and oxygen atoms in total. The van der Waals surface area contributed by atoms with Crippen LogP contribution in [0.2, 0.25) is 0 Å². The molecule has 0 saturated carbocycles. The van der Waals surface area contributed by atoms with Crippen LogP contribution in [0.5, 0.6) is 0 Å². The van der Waals surface area contributed by atoms with Gasteiger partial charge >= 0.3 is 6.09 Å². The molecule has 2 rings (SSSR count). The number of rotatable bonds is 1. The second-order valence-electron chi connectivity index (χ2n) is 5.66. The van der Waals surface area contributed by atoms with Gasteiger partial charge in [0.15, 0.2) is 0 Å². The lowest BCUT2D eigenvalue weighted by atomic mass is 9.96. The third kappa shape index (κ3) is 3.21. The number of aromatic amines is 1. The van der Waals surface area contributed by atoms with Crippen LogP contribution in [0, 0.1) is 0 Å². The molecule has 1 saturated heterocycles. The van der Waals surface area contributed by atoms with Crippen LogP contribution in [0.4, 0.5) is 4.79 Å². The molecule has 0 spiro atoms. The van der Waals surface area contributed by atoms with Crippen molar-refractivity contribution in [2.75, 3.05) is 13.1 Å². The summed E-state index contributed by atoms with van der Waals surface area (Å²) < 4.78 is 5.39. The first-order valence-corrected chi connectivity index (χ1v) is 6.30. The summed E-state index contributed by atoms with van der Waals surface area (Å²) in [7, 11) is 0. The van der Waals surface area contributed by atoms with E-state index in [2.05, 4.69) is 15.4 Å². The van der Waals surface area contributed by atoms with Crippen molar-refractivity contribution < 1.29 is 9.53 Å². The fourth-order valence-corrected chi connectivity index (χ4v) is 2.12. The minimum absolute atomic E-state index is 0.240. The molecule has 1 aliphatic rings. The number of carbonyl (C=O) groups excluding carboxylic acids is 1. The lowest BCUT2D eigenvalue weighted by molar-refractivity contribution is 0.0197. The molecule has 100 valence electrons. The van der Waals surface area contributed by atoms with Gasteiger partial charge in [-0.1, -0.05) is 5.21 Å². The highest BCUT2D eigenvalue weighted by Gasteiger charge is 2.29. The van der Waals surface area contributed by atoms with Crippen LogP contribution in [-0.2, 0) is 4.74 Å². The van der Waals surface area contributed by atoms with Gasteiger partial charge in [-0.2, -0.15) is 0 Å². The van der Waals surface area contributed by atoms with Gasteiger partial charge in [0.2, 0.25) is 0 Å². The Hall–Kier alpha value is -1.59. The van der Waals surface area contributed by atoms with E-state index in [9.17, 15) is 4.79 Å². The lowest BCUT2D eigenvalue weighted by Crippen LogP contribution is -2.42. The first-order valence-electron chi connectivity index (χ1n) is 6.30. The van der Waals surface area contributed by atoms with E-state index >= 15 is 0 Å². The molecule has 0 bridgehead atoms. The third-order valence-electron chi connectivity index (χ3n) is 2.93. The fourth-order valence-electron chi connectivity index (χ4n) is 2.12. The smallest absolute Gasteiger partial charge is 0.410 e. The monoisotopic (exact) mass is 252 g/mol. The van der Waals surface area contributed by atoms with Gasteiger partial charge in [0.05, 0.1) is 5.69 Å². The number of hydrogen-bond acceptors (Lipinski definition) is 4. The Bertz CT molecular complexity index is 397. The van der Waals surface area contributed by atoms with E-state index in [0.717, 1.165) is 25.1 Å². The highest BCUT2D eigenvalue weighted by atomic mass is 16.6. The molecular weight excluding hydrogens is 232 g/mol. The lowest BCUT2D eigenvalue weighted by Gasteiger charge is -2.33. The molecule has 1 fully saturated rings. The van der Waals surface area contributed by atoms with Crippen molar-refractivity contribution in [3.05, 3.63) is 11.9 Å². The van der Waals surface area contributed by atoms with Crippen LogP contribution in [-0.4, -0.2) is 45.1 Å². The summed E-state index contributed by atoms with van der Waals surface area (Å²) in [6.07, 6.45) is 3.56. The average Bonchev–Trinajstić information content (AvgIpc) is 2.80. The largest absolute Gasteiger partial charge is 0.444 e. The van der Waals surface area contributed by atoms with Crippen molar-refractivity contribution in [2.24, 2.45) is 0 Å². The van der Waals surface area contributed by atoms with Gasteiger partial charge in [-0.05, 0) is 33.6 Å². The van der Waals surface area contributed by atoms with Crippen molar-refractivity contribution in [3.8, 4) is 0 Å². The fraction of sp³-hybridized carbons (Fsp3) is 0.750. The van der Waals surface area contributed by atoms with Crippen LogP contribution >= 0.6 is 0 Å². The predicted molar refractivity (Wildman–Crippen MR) is 66.2 cm³/mol. The van der Waals surface area contributed by atoms with Crippen LogP contribution in [0.15, 0.2) is 6.20 Å². The zero-order chi connectivity index (χ0) is 13.2. The van der Waals surface area contributed by atoms with Gasteiger partial charge in [0, 0.05) is 25.2 Å². The summed E-state index contributed by atoms with van der Waals surface area (Å²) in [6, 6.07) is 0. The maximum Gasteiger partial charge on any atom is 0.410 e. The Morgan fingerprint density at radius 3 is 2.94 bits per heavy atom. The maximum absolute atomic E-state index is 12.0. The minimum Gasteiger partial charge on any atom is -0.444 e. The molecule has 0 aromatic carbocycles. The van der Waals surface area contributed by atoms with Crippen LogP contribution in [0.25, 0.3) is 0 Å². The van der Waals surface area contributed by atoms with E-state index in [1.54, 1.807) is 11.1 Å². The van der Waals surface area contributed by atoms with Crippen molar-refractivity contribution in [2.45, 2.75) is 45.1 Å². The number of aromatic nitrogens is 3. The third-order valence-corrected chi connectivity index (χ3v) is 2.93. The number of nitrogens with zero attached hydrogens (tertiary/aromatic N) is 3. The van der Waals surface area contributed by atoms with Gasteiger partial charge in [0.25, 0.3) is 0 Å². The summed E-state index contributed by atoms with van der Waals surface area (Å²) in [4.78, 5) is 13.7. The number of likely N-dealkylation sites (tertiary alicyclic amines) is 1. The normalized spacial score (nSPS) is 20.8. The SMILES string of the molecule is CC(C)(C)OC(=O)N1CCCC(c2c[nH]nn2)C1. The first kappa shape index (κ1) is 12.9. The molecule has 1 amide bonds. The van der Waals surface area contributed by atoms with Crippen molar-refractivity contribution in [1.82, 2.24) is 20.3 Å². The molecule has 1 aliphatic heterocycles. The summed E-state index contributed by atoms with van der Waals surface area (Å²) in [6.45, 7) is 7.04. The second kappa shape index (κ2) is 4.96. The van der Waals surface area contributed by atoms with Crippen LogP contribution in [0.1, 0.15) is 45.2 Å². The molecule has 1 aromatic rings. The van der Waals surface area contributed by atoms with Crippen molar-refractivity contribution >= 4 is 6.09 Å². The van der Waals surface area contributed by atoms with Crippen LogP contribution in [0.3, 0.4) is 0 Å². The maximum atomic E-state index is 12.0. The molecular formula is C12H20N4O2. The van der Waals surface area contributed by atoms with E-state index in [-0.39, 0.29) is 12.0 Å². The first-order chi connectivity index (χ1) is 8.46. The van der Waals surface area contributed by atoms with Gasteiger partial charge in [0.1, 0.15) is 5.60 Å². The molecule has 0 radical (unpaired) electrons. The van der Waals surface area contributed by atoms with E-state index < -0.39 is 5.60 Å². The number of hydrogen-bond donors (Lipinski definition) is 1. The number of amides is 1. The zero-order valence-corrected chi connectivity index (χ0v) is 11.1. The number of nitrogens with one attached hydrogen (secondary N) is 1. The van der Waals surface area contributed by atoms with E-state index in [1.807, 2.05) is 20.8 Å². The van der Waals surface area contributed by atoms with E-state index in [0.29, 0.717) is 6.54 Å². The van der Waals surface area contributed by atoms with Crippen molar-refractivity contribution in [1.29, 1.82) is 0 Å². The second-order valence-corrected chi connectivity index (χ2v) is 5.66. The molecule has 18 heavy (non-hydrogen) atoms. The molecule has 1 atom stereocenters. The minimum atomic E-state index is -0.447. The van der Waals surface area contributed by atoms with E-state index in [4.69, 9.17) is 4.74 Å². The molecule has 1 N–H and O–H groups in total. The Balaban J connectivity index is 1.96. The van der Waals surface area contributed by atoms with E-state index in [1.165, 1.54) is 0 Å². The van der Waals surface area contributed by atoms with Gasteiger partial charge in [-0.15, -0.1) is 5.10 Å². The number of carbonyl (C=O) groups is 1. The number of piperidine rings is 1. The molecule has 1 unspecified atom stereocenters. The quantitative estimate of drug-likeness (QED) is 0.829. The standard InChI is InChI=1S/C12H20N4O2/c1-12(2,3)18-11(17)16-6-4-5-9(8-16)10-7-13-15-14-10/h7,9H,4-6,8H2,1-3H3,(H,13,14,15). The Kier molecular flexibility index (Phi) is 3.54. The summed E-state index contributed by atoms with van der Waals surface area (Å²) in [5, 5.41) is 10.5.